The lowest BCUT2D eigenvalue weighted by Crippen LogP contribution is -2.05. The first-order valence-electron chi connectivity index (χ1n) is 4.40. The lowest BCUT2D eigenvalue weighted by Gasteiger charge is -2.04. The van der Waals surface area contributed by atoms with Crippen molar-refractivity contribution in [3.05, 3.63) is 30.1 Å². The molecule has 0 spiro atoms. The molecule has 0 aliphatic carbocycles. The summed E-state index contributed by atoms with van der Waals surface area (Å²) in [6.07, 6.45) is 1.63. The minimum Gasteiger partial charge on any atom is -0.338 e. The third-order valence-electron chi connectivity index (χ3n) is 2.27. The number of nitrogen functional groups attached to an aromatic ring is 1. The summed E-state index contributed by atoms with van der Waals surface area (Å²) in [5, 5.41) is 0. The molecule has 2 aromatic rings. The largest absolute Gasteiger partial charge is 0.338 e. The number of benzene rings is 1. The number of imidazole rings is 1. The van der Waals surface area contributed by atoms with Crippen LogP contribution in [0.5, 0.6) is 0 Å². The third-order valence-corrected chi connectivity index (χ3v) is 2.27. The summed E-state index contributed by atoms with van der Waals surface area (Å²) in [5.74, 6) is 6.23. The molecule has 1 aromatic heterocycles. The van der Waals surface area contributed by atoms with Crippen LogP contribution in [-0.4, -0.2) is 9.66 Å². The predicted molar refractivity (Wildman–Crippen MR) is 54.0 cm³/mol. The zero-order chi connectivity index (χ0) is 9.42. The third kappa shape index (κ3) is 1.26. The first-order chi connectivity index (χ1) is 6.18. The molecule has 1 aromatic carbocycles. The molecule has 0 fully saturated rings. The van der Waals surface area contributed by atoms with E-state index in [0.717, 1.165) is 11.0 Å². The van der Waals surface area contributed by atoms with E-state index in [-0.39, 0.29) is 0 Å². The molecule has 1 heterocycles. The van der Waals surface area contributed by atoms with Crippen LogP contribution in [0.1, 0.15) is 25.3 Å². The number of hydrogen-bond donors (Lipinski definition) is 1. The molecule has 3 heteroatoms. The van der Waals surface area contributed by atoms with Gasteiger partial charge in [-0.05, 0) is 23.6 Å². The average molecular weight is 175 g/mol. The Morgan fingerprint density at radius 2 is 2.15 bits per heavy atom. The summed E-state index contributed by atoms with van der Waals surface area (Å²) < 4.78 is 1.56. The van der Waals surface area contributed by atoms with E-state index in [9.17, 15) is 0 Å². The number of hydrogen-bond acceptors (Lipinski definition) is 2. The van der Waals surface area contributed by atoms with Crippen molar-refractivity contribution in [3.63, 3.8) is 0 Å². The van der Waals surface area contributed by atoms with E-state index < -0.39 is 0 Å². The molecular weight excluding hydrogens is 162 g/mol. The maximum atomic E-state index is 5.70. The monoisotopic (exact) mass is 175 g/mol. The highest BCUT2D eigenvalue weighted by Crippen LogP contribution is 2.19. The van der Waals surface area contributed by atoms with E-state index in [1.807, 2.05) is 6.07 Å². The summed E-state index contributed by atoms with van der Waals surface area (Å²) in [6, 6.07) is 6.20. The van der Waals surface area contributed by atoms with E-state index in [2.05, 4.69) is 31.0 Å². The fourth-order valence-corrected chi connectivity index (χ4v) is 1.40. The molecule has 68 valence electrons. The van der Waals surface area contributed by atoms with Crippen LogP contribution in [0.3, 0.4) is 0 Å². The Bertz CT molecular complexity index is 429. The van der Waals surface area contributed by atoms with Crippen molar-refractivity contribution in [2.45, 2.75) is 19.8 Å². The van der Waals surface area contributed by atoms with Crippen molar-refractivity contribution < 1.29 is 0 Å². The van der Waals surface area contributed by atoms with Crippen molar-refractivity contribution in [1.29, 1.82) is 0 Å². The van der Waals surface area contributed by atoms with Gasteiger partial charge in [0.1, 0.15) is 6.33 Å². The maximum absolute atomic E-state index is 5.70. The van der Waals surface area contributed by atoms with Crippen LogP contribution in [-0.2, 0) is 0 Å². The van der Waals surface area contributed by atoms with Crippen LogP contribution in [0.2, 0.25) is 0 Å². The molecule has 3 nitrogen and oxygen atoms in total. The molecule has 0 saturated carbocycles. The highest BCUT2D eigenvalue weighted by atomic mass is 15.3. The quantitative estimate of drug-likeness (QED) is 0.672. The zero-order valence-corrected chi connectivity index (χ0v) is 7.86. The van der Waals surface area contributed by atoms with Crippen molar-refractivity contribution in [2.24, 2.45) is 0 Å². The van der Waals surface area contributed by atoms with E-state index in [0.29, 0.717) is 5.92 Å². The van der Waals surface area contributed by atoms with E-state index in [1.165, 1.54) is 5.56 Å². The summed E-state index contributed by atoms with van der Waals surface area (Å²) in [4.78, 5) is 4.16. The summed E-state index contributed by atoms with van der Waals surface area (Å²) in [7, 11) is 0. The lowest BCUT2D eigenvalue weighted by atomic mass is 10.0. The van der Waals surface area contributed by atoms with Crippen molar-refractivity contribution in [2.75, 3.05) is 5.84 Å². The Morgan fingerprint density at radius 1 is 1.38 bits per heavy atom. The van der Waals surface area contributed by atoms with Crippen LogP contribution in [0, 0.1) is 0 Å². The predicted octanol–water partition coefficient (Wildman–Crippen LogP) is 1.87. The van der Waals surface area contributed by atoms with E-state index >= 15 is 0 Å². The van der Waals surface area contributed by atoms with Crippen LogP contribution in [0.25, 0.3) is 11.0 Å². The molecule has 0 atom stereocenters. The second kappa shape index (κ2) is 2.76. The number of fused-ring (bicyclic) bond motifs is 1. The topological polar surface area (TPSA) is 43.8 Å². The van der Waals surface area contributed by atoms with Gasteiger partial charge in [-0.25, -0.2) is 9.66 Å². The van der Waals surface area contributed by atoms with Gasteiger partial charge in [0.2, 0.25) is 0 Å². The summed E-state index contributed by atoms with van der Waals surface area (Å²) >= 11 is 0. The molecule has 0 unspecified atom stereocenters. The number of aromatic nitrogens is 2. The molecule has 2 N–H and O–H groups in total. The lowest BCUT2D eigenvalue weighted by molar-refractivity contribution is 0.867. The Morgan fingerprint density at radius 3 is 2.85 bits per heavy atom. The molecule has 0 aliphatic heterocycles. The van der Waals surface area contributed by atoms with E-state index in [4.69, 9.17) is 5.84 Å². The maximum Gasteiger partial charge on any atom is 0.115 e. The van der Waals surface area contributed by atoms with Gasteiger partial charge in [-0.2, -0.15) is 0 Å². The van der Waals surface area contributed by atoms with Crippen LogP contribution in [0.4, 0.5) is 0 Å². The van der Waals surface area contributed by atoms with E-state index in [1.54, 1.807) is 11.0 Å². The molecule has 0 amide bonds. The molecular formula is C10H13N3. The van der Waals surface area contributed by atoms with Gasteiger partial charge in [-0.15, -0.1) is 0 Å². The Balaban J connectivity index is 2.66. The van der Waals surface area contributed by atoms with Gasteiger partial charge in [0, 0.05) is 0 Å². The number of rotatable bonds is 1. The highest BCUT2D eigenvalue weighted by molar-refractivity contribution is 5.76. The average Bonchev–Trinajstić information content (AvgIpc) is 2.47. The van der Waals surface area contributed by atoms with Crippen LogP contribution >= 0.6 is 0 Å². The smallest absolute Gasteiger partial charge is 0.115 e. The molecule has 0 aliphatic rings. The Kier molecular flexibility index (Phi) is 1.72. The molecule has 0 bridgehead atoms. The summed E-state index contributed by atoms with van der Waals surface area (Å²) in [5.41, 5.74) is 3.23. The normalized spacial score (nSPS) is 11.3. The first kappa shape index (κ1) is 8.10. The van der Waals surface area contributed by atoms with Gasteiger partial charge >= 0.3 is 0 Å². The zero-order valence-electron chi connectivity index (χ0n) is 7.86. The fourth-order valence-electron chi connectivity index (χ4n) is 1.40. The number of nitrogens with zero attached hydrogens (tertiary/aromatic N) is 2. The molecule has 0 radical (unpaired) electrons. The van der Waals surface area contributed by atoms with Gasteiger partial charge in [0.05, 0.1) is 11.0 Å². The molecule has 13 heavy (non-hydrogen) atoms. The Hall–Kier alpha value is -1.51. The van der Waals surface area contributed by atoms with Crippen molar-refractivity contribution in [1.82, 2.24) is 9.66 Å². The van der Waals surface area contributed by atoms with Gasteiger partial charge in [-0.3, -0.25) is 0 Å². The summed E-state index contributed by atoms with van der Waals surface area (Å²) in [6.45, 7) is 4.33. The second-order valence-electron chi connectivity index (χ2n) is 3.55. The van der Waals surface area contributed by atoms with Gasteiger partial charge < -0.3 is 5.84 Å². The minimum atomic E-state index is 0.527. The molecule has 0 saturated heterocycles. The highest BCUT2D eigenvalue weighted by Gasteiger charge is 2.03. The minimum absolute atomic E-state index is 0.527. The standard InChI is InChI=1S/C10H13N3/c1-7(2)8-3-4-9-10(5-8)13(11)6-12-9/h3-7H,11H2,1-2H3. The van der Waals surface area contributed by atoms with Gasteiger partial charge in [0.25, 0.3) is 0 Å². The van der Waals surface area contributed by atoms with Gasteiger partial charge in [-0.1, -0.05) is 19.9 Å². The van der Waals surface area contributed by atoms with Crippen LogP contribution < -0.4 is 5.84 Å². The number of nitrogens with two attached hydrogens (primary N) is 1. The SMILES string of the molecule is CC(C)c1ccc2ncn(N)c2c1. The van der Waals surface area contributed by atoms with Crippen molar-refractivity contribution >= 4 is 11.0 Å². The van der Waals surface area contributed by atoms with Crippen LogP contribution in [0.15, 0.2) is 24.5 Å². The first-order valence-corrected chi connectivity index (χ1v) is 4.40. The molecule has 2 rings (SSSR count). The second-order valence-corrected chi connectivity index (χ2v) is 3.55. The Labute approximate surface area is 77.2 Å². The van der Waals surface area contributed by atoms with Crippen molar-refractivity contribution in [3.8, 4) is 0 Å². The van der Waals surface area contributed by atoms with Gasteiger partial charge in [0.15, 0.2) is 0 Å². The fraction of sp³-hybridized carbons (Fsp3) is 0.300.